The number of thioether (sulfide) groups is 1. The fourth-order valence-electron chi connectivity index (χ4n) is 3.00. The SMILES string of the molecule is CCSc1nc2cc(C(F)(F)F)ccc2c(C)c1C(=O)NCc1cccc(Cl)c1. The van der Waals surface area contributed by atoms with Crippen molar-refractivity contribution in [1.29, 1.82) is 0 Å². The molecule has 29 heavy (non-hydrogen) atoms. The monoisotopic (exact) mass is 438 g/mol. The summed E-state index contributed by atoms with van der Waals surface area (Å²) in [4.78, 5) is 17.3. The number of carbonyl (C=O) groups is 1. The fraction of sp³-hybridized carbons (Fsp3) is 0.238. The third-order valence-corrected chi connectivity index (χ3v) is 5.48. The Morgan fingerprint density at radius 3 is 2.62 bits per heavy atom. The number of hydrogen-bond acceptors (Lipinski definition) is 3. The van der Waals surface area contributed by atoms with Crippen LogP contribution >= 0.6 is 23.4 Å². The maximum absolute atomic E-state index is 13.1. The fourth-order valence-corrected chi connectivity index (χ4v) is 4.04. The summed E-state index contributed by atoms with van der Waals surface area (Å²) in [7, 11) is 0. The van der Waals surface area contributed by atoms with Crippen LogP contribution in [0.4, 0.5) is 13.2 Å². The summed E-state index contributed by atoms with van der Waals surface area (Å²) in [6.45, 7) is 3.90. The van der Waals surface area contributed by atoms with Gasteiger partial charge in [0.05, 0.1) is 16.6 Å². The number of hydrogen-bond donors (Lipinski definition) is 1. The molecule has 0 aliphatic heterocycles. The number of carbonyl (C=O) groups excluding carboxylic acids is 1. The van der Waals surface area contributed by atoms with Crippen molar-refractivity contribution in [1.82, 2.24) is 10.3 Å². The predicted molar refractivity (Wildman–Crippen MR) is 111 cm³/mol. The second kappa shape index (κ2) is 8.63. The molecule has 1 amide bonds. The van der Waals surface area contributed by atoms with E-state index in [1.165, 1.54) is 17.8 Å². The van der Waals surface area contributed by atoms with Gasteiger partial charge < -0.3 is 5.32 Å². The molecule has 0 saturated heterocycles. The second-order valence-corrected chi connectivity index (χ2v) is 8.08. The molecule has 2 aromatic carbocycles. The molecule has 3 rings (SSSR count). The molecule has 0 bridgehead atoms. The van der Waals surface area contributed by atoms with Crippen LogP contribution in [-0.2, 0) is 12.7 Å². The Morgan fingerprint density at radius 1 is 1.21 bits per heavy atom. The van der Waals surface area contributed by atoms with Gasteiger partial charge in [-0.25, -0.2) is 4.98 Å². The predicted octanol–water partition coefficient (Wildman–Crippen LogP) is 6.26. The third kappa shape index (κ3) is 4.85. The van der Waals surface area contributed by atoms with E-state index in [2.05, 4.69) is 10.3 Å². The number of aryl methyl sites for hydroxylation is 1. The molecule has 0 saturated carbocycles. The van der Waals surface area contributed by atoms with Gasteiger partial charge in [0.1, 0.15) is 5.03 Å². The average molecular weight is 439 g/mol. The van der Waals surface area contributed by atoms with Crippen LogP contribution < -0.4 is 5.32 Å². The summed E-state index contributed by atoms with van der Waals surface area (Å²) < 4.78 is 39.2. The van der Waals surface area contributed by atoms with Crippen LogP contribution in [0, 0.1) is 6.92 Å². The Hall–Kier alpha value is -2.25. The zero-order valence-electron chi connectivity index (χ0n) is 15.7. The first-order chi connectivity index (χ1) is 13.7. The number of aromatic nitrogens is 1. The topological polar surface area (TPSA) is 42.0 Å². The minimum atomic E-state index is -4.45. The highest BCUT2D eigenvalue weighted by Gasteiger charge is 2.31. The number of pyridine rings is 1. The van der Waals surface area contributed by atoms with E-state index in [0.29, 0.717) is 32.3 Å². The standard InChI is InChI=1S/C21H18ClF3N2OS/c1-3-29-20-18(19(28)26-11-13-5-4-6-15(22)9-13)12(2)16-8-7-14(21(23,24)25)10-17(16)27-20/h4-10H,3,11H2,1-2H3,(H,26,28). The van der Waals surface area contributed by atoms with E-state index in [1.54, 1.807) is 25.1 Å². The van der Waals surface area contributed by atoms with Gasteiger partial charge in [-0.1, -0.05) is 36.7 Å². The van der Waals surface area contributed by atoms with Crippen molar-refractivity contribution in [3.05, 3.63) is 69.7 Å². The minimum absolute atomic E-state index is 0.222. The lowest BCUT2D eigenvalue weighted by Gasteiger charge is -2.15. The number of nitrogens with zero attached hydrogens (tertiary/aromatic N) is 1. The van der Waals surface area contributed by atoms with Crippen molar-refractivity contribution in [2.75, 3.05) is 5.75 Å². The van der Waals surface area contributed by atoms with Crippen molar-refractivity contribution in [3.63, 3.8) is 0 Å². The minimum Gasteiger partial charge on any atom is -0.348 e. The first kappa shape index (κ1) is 21.5. The summed E-state index contributed by atoms with van der Waals surface area (Å²) in [6.07, 6.45) is -4.45. The zero-order valence-corrected chi connectivity index (χ0v) is 17.3. The van der Waals surface area contributed by atoms with Gasteiger partial charge in [-0.05, 0) is 48.1 Å². The van der Waals surface area contributed by atoms with Crippen molar-refractivity contribution in [3.8, 4) is 0 Å². The second-order valence-electron chi connectivity index (χ2n) is 6.39. The van der Waals surface area contributed by atoms with E-state index in [0.717, 1.165) is 17.7 Å². The molecule has 1 aromatic heterocycles. The van der Waals surface area contributed by atoms with Crippen LogP contribution in [0.15, 0.2) is 47.5 Å². The number of alkyl halides is 3. The molecule has 0 unspecified atom stereocenters. The third-order valence-electron chi connectivity index (χ3n) is 4.39. The molecule has 1 N–H and O–H groups in total. The molecule has 0 radical (unpaired) electrons. The smallest absolute Gasteiger partial charge is 0.348 e. The highest BCUT2D eigenvalue weighted by atomic mass is 35.5. The Bertz CT molecular complexity index is 1070. The van der Waals surface area contributed by atoms with Gasteiger partial charge in [0.15, 0.2) is 0 Å². The quantitative estimate of drug-likeness (QED) is 0.478. The molecule has 0 atom stereocenters. The van der Waals surface area contributed by atoms with Gasteiger partial charge in [0, 0.05) is 17.0 Å². The van der Waals surface area contributed by atoms with Gasteiger partial charge in [-0.15, -0.1) is 11.8 Å². The first-order valence-corrected chi connectivity index (χ1v) is 10.2. The normalized spacial score (nSPS) is 11.7. The van der Waals surface area contributed by atoms with E-state index in [1.807, 2.05) is 13.0 Å². The van der Waals surface area contributed by atoms with Crippen molar-refractivity contribution in [2.45, 2.75) is 31.6 Å². The number of fused-ring (bicyclic) bond motifs is 1. The zero-order chi connectivity index (χ0) is 21.2. The number of benzene rings is 2. The van der Waals surface area contributed by atoms with Gasteiger partial charge in [0.25, 0.3) is 5.91 Å². The number of nitrogens with one attached hydrogen (secondary N) is 1. The van der Waals surface area contributed by atoms with Crippen molar-refractivity contribution >= 4 is 40.2 Å². The summed E-state index contributed by atoms with van der Waals surface area (Å²) >= 11 is 7.30. The Balaban J connectivity index is 2.00. The highest BCUT2D eigenvalue weighted by molar-refractivity contribution is 7.99. The molecular weight excluding hydrogens is 421 g/mol. The molecule has 8 heteroatoms. The Labute approximate surface area is 175 Å². The van der Waals surface area contributed by atoms with Gasteiger partial charge in [-0.2, -0.15) is 13.2 Å². The Kier molecular flexibility index (Phi) is 6.39. The van der Waals surface area contributed by atoms with Crippen LogP contribution in [0.2, 0.25) is 5.02 Å². The lowest BCUT2D eigenvalue weighted by molar-refractivity contribution is -0.137. The van der Waals surface area contributed by atoms with E-state index in [-0.39, 0.29) is 18.0 Å². The molecule has 0 aliphatic rings. The van der Waals surface area contributed by atoms with Crippen LogP contribution in [0.25, 0.3) is 10.9 Å². The molecule has 0 aliphatic carbocycles. The maximum atomic E-state index is 13.1. The largest absolute Gasteiger partial charge is 0.416 e. The molecule has 152 valence electrons. The van der Waals surface area contributed by atoms with Crippen LogP contribution in [-0.4, -0.2) is 16.6 Å². The average Bonchev–Trinajstić information content (AvgIpc) is 2.65. The summed E-state index contributed by atoms with van der Waals surface area (Å²) in [6, 6.07) is 10.5. The number of rotatable bonds is 5. The Morgan fingerprint density at radius 2 is 1.97 bits per heavy atom. The maximum Gasteiger partial charge on any atom is 0.416 e. The van der Waals surface area contributed by atoms with E-state index in [9.17, 15) is 18.0 Å². The highest BCUT2D eigenvalue weighted by Crippen LogP contribution is 2.34. The van der Waals surface area contributed by atoms with Gasteiger partial charge in [0.2, 0.25) is 0 Å². The summed E-state index contributed by atoms with van der Waals surface area (Å²) in [5, 5.41) is 4.36. The molecule has 3 aromatic rings. The number of halogens is 4. The van der Waals surface area contributed by atoms with Gasteiger partial charge >= 0.3 is 6.18 Å². The first-order valence-electron chi connectivity index (χ1n) is 8.87. The molecule has 0 fully saturated rings. The van der Waals surface area contributed by atoms with E-state index in [4.69, 9.17) is 11.6 Å². The van der Waals surface area contributed by atoms with E-state index < -0.39 is 11.7 Å². The molecular formula is C21H18ClF3N2OS. The lowest BCUT2D eigenvalue weighted by atomic mass is 10.0. The molecule has 0 spiro atoms. The van der Waals surface area contributed by atoms with E-state index >= 15 is 0 Å². The van der Waals surface area contributed by atoms with Crippen molar-refractivity contribution < 1.29 is 18.0 Å². The molecule has 3 nitrogen and oxygen atoms in total. The van der Waals surface area contributed by atoms with Crippen LogP contribution in [0.1, 0.15) is 34.0 Å². The van der Waals surface area contributed by atoms with Crippen LogP contribution in [0.5, 0.6) is 0 Å². The molecule has 1 heterocycles. The van der Waals surface area contributed by atoms with Gasteiger partial charge in [-0.3, -0.25) is 4.79 Å². The lowest BCUT2D eigenvalue weighted by Crippen LogP contribution is -2.25. The number of amides is 1. The van der Waals surface area contributed by atoms with Crippen LogP contribution in [0.3, 0.4) is 0 Å². The van der Waals surface area contributed by atoms with Crippen molar-refractivity contribution in [2.24, 2.45) is 0 Å². The summed E-state index contributed by atoms with van der Waals surface area (Å²) in [5.41, 5.74) is 1.29. The summed E-state index contributed by atoms with van der Waals surface area (Å²) in [5.74, 6) is 0.304.